The van der Waals surface area contributed by atoms with Crippen molar-refractivity contribution in [2.45, 2.75) is 45.4 Å². The van der Waals surface area contributed by atoms with E-state index in [2.05, 4.69) is 0 Å². The first kappa shape index (κ1) is 12.5. The molecule has 4 aliphatic carbocycles. The highest BCUT2D eigenvalue weighted by Crippen LogP contribution is 2.57. The Morgan fingerprint density at radius 1 is 1.20 bits per heavy atom. The van der Waals surface area contributed by atoms with Crippen LogP contribution in [0, 0.1) is 36.5 Å². The van der Waals surface area contributed by atoms with Crippen LogP contribution in [0.3, 0.4) is 0 Å². The van der Waals surface area contributed by atoms with Gasteiger partial charge in [-0.25, -0.2) is 4.79 Å². The van der Waals surface area contributed by atoms with E-state index in [0.29, 0.717) is 0 Å². The quantitative estimate of drug-likeness (QED) is 0.909. The number of carboxylic acids is 1. The van der Waals surface area contributed by atoms with Crippen LogP contribution in [0.5, 0.6) is 0 Å². The monoisotopic (exact) mass is 274 g/mol. The topological polar surface area (TPSA) is 50.4 Å². The lowest BCUT2D eigenvalue weighted by Crippen LogP contribution is -2.45. The predicted molar refractivity (Wildman–Crippen MR) is 74.6 cm³/mol. The van der Waals surface area contributed by atoms with E-state index in [1.807, 2.05) is 6.92 Å². The third-order valence-electron chi connectivity index (χ3n) is 6.11. The van der Waals surface area contributed by atoms with Gasteiger partial charge in [0.1, 0.15) is 5.76 Å². The van der Waals surface area contributed by atoms with E-state index < -0.39 is 5.97 Å². The van der Waals surface area contributed by atoms with E-state index in [0.717, 1.165) is 47.3 Å². The van der Waals surface area contributed by atoms with Gasteiger partial charge in [-0.3, -0.25) is 0 Å². The van der Waals surface area contributed by atoms with Crippen LogP contribution in [0.15, 0.2) is 10.5 Å². The molecule has 0 amide bonds. The Balaban J connectivity index is 1.56. The highest BCUT2D eigenvalue weighted by Gasteiger charge is 2.48. The first-order chi connectivity index (χ1) is 9.60. The number of rotatable bonds is 3. The standard InChI is InChI=1S/C17H22O3/c1-9-12(8-16(20-9)17(18)19)7-15-13-3-10-2-11(5-13)6-14(15)4-10/h8,10-11,13-15H,2-7H2,1H3,(H,18,19). The molecule has 5 rings (SSSR count). The lowest BCUT2D eigenvalue weighted by atomic mass is 9.51. The number of carboxylic acid groups (broad SMARTS) is 1. The Morgan fingerprint density at radius 3 is 2.30 bits per heavy atom. The minimum absolute atomic E-state index is 0.0984. The van der Waals surface area contributed by atoms with Crippen molar-refractivity contribution in [1.29, 1.82) is 0 Å². The molecule has 1 N–H and O–H groups in total. The van der Waals surface area contributed by atoms with E-state index in [-0.39, 0.29) is 5.76 Å². The highest BCUT2D eigenvalue weighted by atomic mass is 16.4. The predicted octanol–water partition coefficient (Wildman–Crippen LogP) is 3.90. The minimum atomic E-state index is -0.954. The molecule has 0 aliphatic heterocycles. The van der Waals surface area contributed by atoms with Gasteiger partial charge in [-0.1, -0.05) is 0 Å². The van der Waals surface area contributed by atoms with E-state index in [1.54, 1.807) is 6.07 Å². The third-order valence-corrected chi connectivity index (χ3v) is 6.11. The van der Waals surface area contributed by atoms with Gasteiger partial charge in [-0.2, -0.15) is 0 Å². The minimum Gasteiger partial charge on any atom is -0.475 e. The second-order valence-corrected chi connectivity index (χ2v) is 7.30. The largest absolute Gasteiger partial charge is 0.475 e. The molecular weight excluding hydrogens is 252 g/mol. The van der Waals surface area contributed by atoms with Crippen molar-refractivity contribution >= 4 is 5.97 Å². The average Bonchev–Trinajstić information content (AvgIpc) is 2.74. The number of hydrogen-bond acceptors (Lipinski definition) is 2. The summed E-state index contributed by atoms with van der Waals surface area (Å²) >= 11 is 0. The summed E-state index contributed by atoms with van der Waals surface area (Å²) in [4.78, 5) is 11.0. The number of aryl methyl sites for hydroxylation is 1. The summed E-state index contributed by atoms with van der Waals surface area (Å²) in [5, 5.41) is 9.04. The fraction of sp³-hybridized carbons (Fsp3) is 0.706. The lowest BCUT2D eigenvalue weighted by molar-refractivity contribution is -0.0361. The van der Waals surface area contributed by atoms with E-state index in [1.165, 1.54) is 32.1 Å². The SMILES string of the molecule is Cc1oc(C(=O)O)cc1CC1C2CC3CC(C2)CC1C3. The molecule has 3 heteroatoms. The zero-order valence-corrected chi connectivity index (χ0v) is 12.0. The van der Waals surface area contributed by atoms with Crippen LogP contribution in [-0.4, -0.2) is 11.1 Å². The number of hydrogen-bond donors (Lipinski definition) is 1. The van der Waals surface area contributed by atoms with Gasteiger partial charge in [0.05, 0.1) is 0 Å². The smallest absolute Gasteiger partial charge is 0.371 e. The van der Waals surface area contributed by atoms with Crippen molar-refractivity contribution in [1.82, 2.24) is 0 Å². The molecular formula is C17H22O3. The maximum atomic E-state index is 11.0. The second kappa shape index (κ2) is 4.37. The van der Waals surface area contributed by atoms with Gasteiger partial charge in [-0.15, -0.1) is 0 Å². The molecule has 108 valence electrons. The van der Waals surface area contributed by atoms with Crippen LogP contribution in [0.4, 0.5) is 0 Å². The van der Waals surface area contributed by atoms with Crippen molar-refractivity contribution < 1.29 is 14.3 Å². The van der Waals surface area contributed by atoms with E-state index in [9.17, 15) is 4.79 Å². The molecule has 0 atom stereocenters. The summed E-state index contributed by atoms with van der Waals surface area (Å²) in [5.41, 5.74) is 1.12. The fourth-order valence-corrected chi connectivity index (χ4v) is 5.45. The Hall–Kier alpha value is -1.25. The summed E-state index contributed by atoms with van der Waals surface area (Å²) in [6.45, 7) is 1.90. The lowest BCUT2D eigenvalue weighted by Gasteiger charge is -2.54. The molecule has 0 aromatic carbocycles. The first-order valence-corrected chi connectivity index (χ1v) is 7.92. The van der Waals surface area contributed by atoms with Crippen molar-refractivity contribution in [2.75, 3.05) is 0 Å². The molecule has 3 nitrogen and oxygen atoms in total. The van der Waals surface area contributed by atoms with Crippen molar-refractivity contribution in [2.24, 2.45) is 29.6 Å². The first-order valence-electron chi connectivity index (χ1n) is 7.92. The van der Waals surface area contributed by atoms with Gasteiger partial charge in [0.15, 0.2) is 0 Å². The van der Waals surface area contributed by atoms with Gasteiger partial charge >= 0.3 is 5.97 Å². The maximum absolute atomic E-state index is 11.0. The van der Waals surface area contributed by atoms with Gasteiger partial charge in [0.2, 0.25) is 5.76 Å². The normalized spacial score (nSPS) is 38.4. The van der Waals surface area contributed by atoms with Crippen molar-refractivity contribution in [3.8, 4) is 0 Å². The maximum Gasteiger partial charge on any atom is 0.371 e. The number of carbonyl (C=O) groups is 1. The van der Waals surface area contributed by atoms with Gasteiger partial charge in [-0.05, 0) is 86.7 Å². The summed E-state index contributed by atoms with van der Waals surface area (Å²) in [7, 11) is 0. The summed E-state index contributed by atoms with van der Waals surface area (Å²) in [6, 6.07) is 1.75. The molecule has 0 radical (unpaired) electrons. The van der Waals surface area contributed by atoms with E-state index >= 15 is 0 Å². The van der Waals surface area contributed by atoms with Crippen LogP contribution in [0.2, 0.25) is 0 Å². The van der Waals surface area contributed by atoms with Crippen molar-refractivity contribution in [3.63, 3.8) is 0 Å². The van der Waals surface area contributed by atoms with Gasteiger partial charge < -0.3 is 9.52 Å². The van der Waals surface area contributed by atoms with E-state index in [4.69, 9.17) is 9.52 Å². The summed E-state index contributed by atoms with van der Waals surface area (Å²) < 4.78 is 5.37. The second-order valence-electron chi connectivity index (χ2n) is 7.30. The number of aromatic carboxylic acids is 1. The zero-order valence-electron chi connectivity index (χ0n) is 12.0. The Labute approximate surface area is 119 Å². The van der Waals surface area contributed by atoms with Crippen LogP contribution in [0.25, 0.3) is 0 Å². The number of furan rings is 1. The molecule has 4 bridgehead atoms. The highest BCUT2D eigenvalue weighted by molar-refractivity contribution is 5.84. The van der Waals surface area contributed by atoms with Crippen molar-refractivity contribution in [3.05, 3.63) is 23.2 Å². The molecule has 1 aromatic heterocycles. The van der Waals surface area contributed by atoms with Crippen LogP contribution in [-0.2, 0) is 6.42 Å². The fourth-order valence-electron chi connectivity index (χ4n) is 5.45. The van der Waals surface area contributed by atoms with Crippen LogP contribution in [0.1, 0.15) is 54.0 Å². The molecule has 0 saturated heterocycles. The molecule has 4 saturated carbocycles. The van der Waals surface area contributed by atoms with Crippen LogP contribution < -0.4 is 0 Å². The molecule has 0 spiro atoms. The average molecular weight is 274 g/mol. The Morgan fingerprint density at radius 2 is 1.80 bits per heavy atom. The molecule has 1 aromatic rings. The molecule has 1 heterocycles. The summed E-state index contributed by atoms with van der Waals surface area (Å²) in [6.07, 6.45) is 8.17. The Kier molecular flexibility index (Phi) is 2.73. The third kappa shape index (κ3) is 1.90. The van der Waals surface area contributed by atoms with Gasteiger partial charge in [0, 0.05) is 0 Å². The Bertz CT molecular complexity index is 514. The molecule has 20 heavy (non-hydrogen) atoms. The molecule has 4 fully saturated rings. The van der Waals surface area contributed by atoms with Crippen LogP contribution >= 0.6 is 0 Å². The molecule has 4 aliphatic rings. The zero-order chi connectivity index (χ0) is 13.9. The molecule has 0 unspecified atom stereocenters. The van der Waals surface area contributed by atoms with Gasteiger partial charge in [0.25, 0.3) is 0 Å². The summed E-state index contributed by atoms with van der Waals surface area (Å²) in [5.74, 6) is 4.47.